The van der Waals surface area contributed by atoms with E-state index in [2.05, 4.69) is 38.1 Å². The van der Waals surface area contributed by atoms with Gasteiger partial charge in [-0.15, -0.1) is 0 Å². The van der Waals surface area contributed by atoms with Gasteiger partial charge >= 0.3 is 6.03 Å². The molecule has 0 saturated carbocycles. The number of ether oxygens (including phenoxy) is 3. The highest BCUT2D eigenvalue weighted by molar-refractivity contribution is 9.10. The molecule has 2 aromatic carbocycles. The number of urea groups is 1. The van der Waals surface area contributed by atoms with E-state index in [4.69, 9.17) is 14.2 Å². The summed E-state index contributed by atoms with van der Waals surface area (Å²) in [5, 5.41) is 3.00. The Labute approximate surface area is 189 Å². The summed E-state index contributed by atoms with van der Waals surface area (Å²) in [5.74, 6) is 1.44. The van der Waals surface area contributed by atoms with E-state index in [0.29, 0.717) is 29.5 Å². The summed E-state index contributed by atoms with van der Waals surface area (Å²) >= 11 is 3.49. The highest BCUT2D eigenvalue weighted by Gasteiger charge is 2.32. The Morgan fingerprint density at radius 2 is 1.68 bits per heavy atom. The van der Waals surface area contributed by atoms with Crippen molar-refractivity contribution >= 4 is 27.6 Å². The molecule has 0 unspecified atom stereocenters. The van der Waals surface area contributed by atoms with Gasteiger partial charge < -0.3 is 29.0 Å². The first-order chi connectivity index (χ1) is 15.0. The van der Waals surface area contributed by atoms with E-state index in [-0.39, 0.29) is 12.1 Å². The van der Waals surface area contributed by atoms with Crippen molar-refractivity contribution < 1.29 is 19.0 Å². The van der Waals surface area contributed by atoms with Crippen LogP contribution in [0, 0.1) is 0 Å². The Hall–Kier alpha value is -3.13. The summed E-state index contributed by atoms with van der Waals surface area (Å²) in [4.78, 5) is 15.2. The van der Waals surface area contributed by atoms with Crippen LogP contribution < -0.4 is 19.5 Å². The van der Waals surface area contributed by atoms with Gasteiger partial charge in [-0.1, -0.05) is 28.1 Å². The normalized spacial score (nSPS) is 15.2. The number of carbonyl (C=O) groups excluding carboxylic acids is 1. The highest BCUT2D eigenvalue weighted by atomic mass is 79.9. The zero-order chi connectivity index (χ0) is 22.0. The Kier molecular flexibility index (Phi) is 6.08. The van der Waals surface area contributed by atoms with Crippen molar-refractivity contribution in [3.63, 3.8) is 0 Å². The van der Waals surface area contributed by atoms with Gasteiger partial charge in [0.2, 0.25) is 5.75 Å². The average molecular weight is 486 g/mol. The van der Waals surface area contributed by atoms with Crippen molar-refractivity contribution in [1.29, 1.82) is 0 Å². The Morgan fingerprint density at radius 3 is 2.29 bits per heavy atom. The minimum atomic E-state index is -0.199. The largest absolute Gasteiger partial charge is 0.493 e. The van der Waals surface area contributed by atoms with Crippen molar-refractivity contribution in [2.75, 3.05) is 33.2 Å². The molecule has 1 aromatic heterocycles. The lowest BCUT2D eigenvalue weighted by Crippen LogP contribution is -2.44. The number of aromatic nitrogens is 1. The summed E-state index contributed by atoms with van der Waals surface area (Å²) in [6.45, 7) is 1.32. The molecule has 0 radical (unpaired) electrons. The van der Waals surface area contributed by atoms with Gasteiger partial charge in [-0.05, 0) is 29.8 Å². The zero-order valence-electron chi connectivity index (χ0n) is 17.6. The number of benzene rings is 2. The number of amides is 2. The predicted molar refractivity (Wildman–Crippen MR) is 122 cm³/mol. The van der Waals surface area contributed by atoms with Crippen LogP contribution >= 0.6 is 15.9 Å². The van der Waals surface area contributed by atoms with E-state index in [1.165, 1.54) is 0 Å². The van der Waals surface area contributed by atoms with Gasteiger partial charge in [0.25, 0.3) is 0 Å². The summed E-state index contributed by atoms with van der Waals surface area (Å²) in [6, 6.07) is 15.2. The van der Waals surface area contributed by atoms with E-state index in [9.17, 15) is 4.79 Å². The molecule has 162 valence electrons. The average Bonchev–Trinajstić information content (AvgIpc) is 3.27. The van der Waals surface area contributed by atoms with Gasteiger partial charge in [-0.3, -0.25) is 0 Å². The fraction of sp³-hybridized carbons (Fsp3) is 0.261. The van der Waals surface area contributed by atoms with Crippen molar-refractivity contribution in [2.24, 2.45) is 0 Å². The van der Waals surface area contributed by atoms with Crippen LogP contribution in [0.1, 0.15) is 17.3 Å². The monoisotopic (exact) mass is 485 g/mol. The van der Waals surface area contributed by atoms with Crippen LogP contribution in [0.15, 0.2) is 59.2 Å². The number of nitrogens with zero attached hydrogens (tertiary/aromatic N) is 2. The maximum absolute atomic E-state index is 13.4. The fourth-order valence-electron chi connectivity index (χ4n) is 3.95. The smallest absolute Gasteiger partial charge is 0.322 e. The van der Waals surface area contributed by atoms with Crippen LogP contribution in [-0.2, 0) is 6.54 Å². The molecule has 1 atom stereocenters. The van der Waals surface area contributed by atoms with Crippen LogP contribution in [0.2, 0.25) is 0 Å². The third-order valence-electron chi connectivity index (χ3n) is 5.40. The number of hydrogen-bond acceptors (Lipinski definition) is 4. The van der Waals surface area contributed by atoms with E-state index < -0.39 is 0 Å². The first-order valence-electron chi connectivity index (χ1n) is 9.84. The number of rotatable bonds is 5. The molecule has 4 rings (SSSR count). The number of methoxy groups -OCH3 is 3. The molecular formula is C23H24BrN3O4. The second kappa shape index (κ2) is 8.93. The van der Waals surface area contributed by atoms with Crippen molar-refractivity contribution in [2.45, 2.75) is 12.6 Å². The molecule has 3 aromatic rings. The minimum Gasteiger partial charge on any atom is -0.493 e. The van der Waals surface area contributed by atoms with Gasteiger partial charge in [0.1, 0.15) is 0 Å². The van der Waals surface area contributed by atoms with Crippen LogP contribution in [0.5, 0.6) is 17.2 Å². The number of anilines is 1. The van der Waals surface area contributed by atoms with Gasteiger partial charge in [-0.25, -0.2) is 4.79 Å². The molecular weight excluding hydrogens is 462 g/mol. The van der Waals surface area contributed by atoms with E-state index in [1.54, 1.807) is 33.5 Å². The van der Waals surface area contributed by atoms with E-state index in [0.717, 1.165) is 22.3 Å². The number of halogens is 1. The molecule has 0 bridgehead atoms. The zero-order valence-corrected chi connectivity index (χ0v) is 19.2. The number of nitrogens with one attached hydrogen (secondary N) is 1. The first-order valence-corrected chi connectivity index (χ1v) is 10.6. The standard InChI is InChI=1S/C23H24BrN3O4/c1-29-19-13-17(14-20(30-2)22(19)31-3)25-23(28)27-12-11-26-10-4-5-18(26)21(27)15-6-8-16(24)9-7-15/h4-10,13-14,21H,11-12H2,1-3H3,(H,25,28)/t21-/m1/s1. The summed E-state index contributed by atoms with van der Waals surface area (Å²) in [6.07, 6.45) is 2.05. The lowest BCUT2D eigenvalue weighted by atomic mass is 10.0. The molecule has 1 N–H and O–H groups in total. The fourth-order valence-corrected chi connectivity index (χ4v) is 4.21. The topological polar surface area (TPSA) is 65.0 Å². The molecule has 1 aliphatic heterocycles. The van der Waals surface area contributed by atoms with Gasteiger partial charge in [-0.2, -0.15) is 0 Å². The van der Waals surface area contributed by atoms with Crippen molar-refractivity contribution in [1.82, 2.24) is 9.47 Å². The minimum absolute atomic E-state index is 0.195. The van der Waals surface area contributed by atoms with Gasteiger partial charge in [0, 0.05) is 41.6 Å². The molecule has 1 aliphatic rings. The molecule has 0 saturated heterocycles. The maximum Gasteiger partial charge on any atom is 0.322 e. The predicted octanol–water partition coefficient (Wildman–Crippen LogP) is 4.91. The summed E-state index contributed by atoms with van der Waals surface area (Å²) in [7, 11) is 4.64. The molecule has 8 heteroatoms. The Bertz CT molecular complexity index is 1060. The molecule has 0 aliphatic carbocycles. The van der Waals surface area contributed by atoms with Crippen LogP contribution in [-0.4, -0.2) is 43.4 Å². The number of fused-ring (bicyclic) bond motifs is 1. The third-order valence-corrected chi connectivity index (χ3v) is 5.93. The lowest BCUT2D eigenvalue weighted by molar-refractivity contribution is 0.182. The maximum atomic E-state index is 13.4. The molecule has 31 heavy (non-hydrogen) atoms. The number of hydrogen-bond donors (Lipinski definition) is 1. The molecule has 2 amide bonds. The van der Waals surface area contributed by atoms with Crippen LogP contribution in [0.3, 0.4) is 0 Å². The van der Waals surface area contributed by atoms with Crippen molar-refractivity contribution in [3.8, 4) is 17.2 Å². The quantitative estimate of drug-likeness (QED) is 0.557. The number of carbonyl (C=O) groups is 1. The third kappa shape index (κ3) is 4.07. The Balaban J connectivity index is 1.66. The first kappa shape index (κ1) is 21.1. The van der Waals surface area contributed by atoms with E-state index in [1.807, 2.05) is 35.2 Å². The molecule has 7 nitrogen and oxygen atoms in total. The second-order valence-electron chi connectivity index (χ2n) is 7.12. The van der Waals surface area contributed by atoms with Crippen LogP contribution in [0.4, 0.5) is 10.5 Å². The lowest BCUT2D eigenvalue weighted by Gasteiger charge is -2.37. The highest BCUT2D eigenvalue weighted by Crippen LogP contribution is 2.40. The van der Waals surface area contributed by atoms with Crippen LogP contribution in [0.25, 0.3) is 0 Å². The second-order valence-corrected chi connectivity index (χ2v) is 8.03. The SMILES string of the molecule is COc1cc(NC(=O)N2CCn3cccc3[C@H]2c2ccc(Br)cc2)cc(OC)c1OC. The Morgan fingerprint density at radius 1 is 1.00 bits per heavy atom. The summed E-state index contributed by atoms with van der Waals surface area (Å²) < 4.78 is 19.4. The van der Waals surface area contributed by atoms with Crippen molar-refractivity contribution in [3.05, 3.63) is 70.5 Å². The molecule has 0 spiro atoms. The van der Waals surface area contributed by atoms with E-state index >= 15 is 0 Å². The molecule has 2 heterocycles. The summed E-state index contributed by atoms with van der Waals surface area (Å²) in [5.41, 5.74) is 2.69. The molecule has 0 fully saturated rings. The van der Waals surface area contributed by atoms with Gasteiger partial charge in [0.15, 0.2) is 11.5 Å². The van der Waals surface area contributed by atoms with Gasteiger partial charge in [0.05, 0.1) is 33.1 Å².